The predicted molar refractivity (Wildman–Crippen MR) is 81.1 cm³/mol. The molecule has 112 valence electrons. The van der Waals surface area contributed by atoms with Crippen molar-refractivity contribution >= 4 is 5.91 Å². The van der Waals surface area contributed by atoms with E-state index in [-0.39, 0.29) is 18.6 Å². The van der Waals surface area contributed by atoms with Gasteiger partial charge in [0.05, 0.1) is 19.3 Å². The third-order valence-electron chi connectivity index (χ3n) is 3.57. The first-order valence-corrected chi connectivity index (χ1v) is 7.18. The number of benzene rings is 1. The second-order valence-corrected chi connectivity index (χ2v) is 5.30. The predicted octanol–water partition coefficient (Wildman–Crippen LogP) is 1.59. The van der Waals surface area contributed by atoms with Crippen molar-refractivity contribution in [3.63, 3.8) is 0 Å². The summed E-state index contributed by atoms with van der Waals surface area (Å²) in [7, 11) is 1.82. The van der Waals surface area contributed by atoms with Gasteiger partial charge in [-0.2, -0.15) is 0 Å². The summed E-state index contributed by atoms with van der Waals surface area (Å²) in [5, 5.41) is 8.76. The first-order valence-electron chi connectivity index (χ1n) is 7.18. The van der Waals surface area contributed by atoms with Crippen LogP contribution in [0.3, 0.4) is 0 Å². The summed E-state index contributed by atoms with van der Waals surface area (Å²) < 4.78 is 5.34. The summed E-state index contributed by atoms with van der Waals surface area (Å²) in [6.45, 7) is 3.33. The summed E-state index contributed by atoms with van der Waals surface area (Å²) >= 11 is 0. The minimum atomic E-state index is -0.000548. The number of amides is 1. The lowest BCUT2D eigenvalue weighted by atomic mass is 10.0. The highest BCUT2D eigenvalue weighted by Gasteiger charge is 2.25. The molecule has 0 radical (unpaired) electrons. The fourth-order valence-corrected chi connectivity index (χ4v) is 2.40. The van der Waals surface area contributed by atoms with Gasteiger partial charge in [-0.05, 0) is 37.1 Å². The molecule has 1 aromatic carbocycles. The van der Waals surface area contributed by atoms with Crippen LogP contribution in [0, 0.1) is 18.8 Å². The quantitative estimate of drug-likeness (QED) is 0.859. The van der Waals surface area contributed by atoms with Crippen LogP contribution < -0.4 is 0 Å². The second-order valence-electron chi connectivity index (χ2n) is 5.30. The lowest BCUT2D eigenvalue weighted by molar-refractivity contribution is 0.0711. The van der Waals surface area contributed by atoms with Gasteiger partial charge in [-0.3, -0.25) is 4.79 Å². The van der Waals surface area contributed by atoms with Gasteiger partial charge in [0, 0.05) is 31.2 Å². The molecule has 1 fully saturated rings. The number of ether oxygens (including phenoxy) is 1. The molecule has 1 amide bonds. The van der Waals surface area contributed by atoms with Crippen molar-refractivity contribution in [2.24, 2.45) is 0 Å². The fourth-order valence-electron chi connectivity index (χ4n) is 2.40. The first kappa shape index (κ1) is 15.6. The van der Waals surface area contributed by atoms with E-state index in [0.717, 1.165) is 17.5 Å². The number of aliphatic hydroxyl groups excluding tert-OH is 1. The average molecular weight is 287 g/mol. The van der Waals surface area contributed by atoms with Crippen molar-refractivity contribution in [3.05, 3.63) is 34.9 Å². The maximum absolute atomic E-state index is 12.5. The Balaban J connectivity index is 2.18. The third-order valence-corrected chi connectivity index (χ3v) is 3.57. The number of carbonyl (C=O) groups is 1. The highest BCUT2D eigenvalue weighted by Crippen LogP contribution is 2.16. The van der Waals surface area contributed by atoms with E-state index in [1.54, 1.807) is 4.90 Å². The van der Waals surface area contributed by atoms with E-state index < -0.39 is 0 Å². The molecule has 2 rings (SSSR count). The first-order chi connectivity index (χ1) is 10.1. The molecular formula is C17H21NO3. The van der Waals surface area contributed by atoms with Gasteiger partial charge in [0.25, 0.3) is 5.91 Å². The van der Waals surface area contributed by atoms with Crippen LogP contribution in [0.5, 0.6) is 0 Å². The third kappa shape index (κ3) is 4.07. The Kier molecular flexibility index (Phi) is 5.38. The van der Waals surface area contributed by atoms with Crippen molar-refractivity contribution in [1.82, 2.24) is 4.90 Å². The number of likely N-dealkylation sites (N-methyl/N-ethyl adjacent to an activating group) is 1. The summed E-state index contributed by atoms with van der Waals surface area (Å²) in [5.74, 6) is 5.87. The molecule has 1 N–H and O–H groups in total. The Hall–Kier alpha value is -1.83. The molecule has 0 spiro atoms. The Morgan fingerprint density at radius 2 is 2.29 bits per heavy atom. The number of nitrogens with zero attached hydrogens (tertiary/aromatic N) is 1. The van der Waals surface area contributed by atoms with Gasteiger partial charge in [-0.25, -0.2) is 0 Å². The van der Waals surface area contributed by atoms with Crippen LogP contribution in [0.1, 0.15) is 34.3 Å². The summed E-state index contributed by atoms with van der Waals surface area (Å²) in [4.78, 5) is 14.3. The molecule has 0 aliphatic carbocycles. The van der Waals surface area contributed by atoms with Crippen LogP contribution in [-0.4, -0.2) is 48.8 Å². The highest BCUT2D eigenvalue weighted by molar-refractivity contribution is 5.94. The van der Waals surface area contributed by atoms with E-state index in [0.29, 0.717) is 25.2 Å². The van der Waals surface area contributed by atoms with Gasteiger partial charge in [-0.15, -0.1) is 0 Å². The Morgan fingerprint density at radius 3 is 2.95 bits per heavy atom. The number of carbonyl (C=O) groups excluding carboxylic acids is 1. The average Bonchev–Trinajstić information content (AvgIpc) is 2.99. The summed E-state index contributed by atoms with van der Waals surface area (Å²) in [5.41, 5.74) is 2.46. The van der Waals surface area contributed by atoms with Crippen molar-refractivity contribution < 1.29 is 14.6 Å². The van der Waals surface area contributed by atoms with Gasteiger partial charge in [0.15, 0.2) is 0 Å². The van der Waals surface area contributed by atoms with E-state index in [9.17, 15) is 4.79 Å². The SMILES string of the molecule is Cc1cc(C#CCCO)cc(C(=O)N(C)C2CCOC2)c1. The Bertz CT molecular complexity index is 565. The van der Waals surface area contributed by atoms with Crippen LogP contribution in [0.4, 0.5) is 0 Å². The van der Waals surface area contributed by atoms with Crippen LogP contribution in [0.25, 0.3) is 0 Å². The lowest BCUT2D eigenvalue weighted by Crippen LogP contribution is -2.37. The van der Waals surface area contributed by atoms with Crippen molar-refractivity contribution in [2.45, 2.75) is 25.8 Å². The zero-order valence-corrected chi connectivity index (χ0v) is 12.6. The van der Waals surface area contributed by atoms with Gasteiger partial charge in [-0.1, -0.05) is 11.8 Å². The number of aliphatic hydroxyl groups is 1. The second kappa shape index (κ2) is 7.26. The molecule has 0 saturated carbocycles. The molecular weight excluding hydrogens is 266 g/mol. The fraction of sp³-hybridized carbons (Fsp3) is 0.471. The molecule has 1 aromatic rings. The molecule has 1 atom stereocenters. The molecule has 1 unspecified atom stereocenters. The molecule has 0 bridgehead atoms. The standard InChI is InChI=1S/C17H21NO3/c1-13-9-14(5-3-4-7-19)11-15(10-13)17(20)18(2)16-6-8-21-12-16/h9-11,16,19H,4,6-8,12H2,1-2H3. The number of hydrogen-bond acceptors (Lipinski definition) is 3. The van der Waals surface area contributed by atoms with Crippen molar-refractivity contribution in [2.75, 3.05) is 26.9 Å². The molecule has 0 aromatic heterocycles. The molecule has 1 aliphatic heterocycles. The van der Waals surface area contributed by atoms with E-state index in [4.69, 9.17) is 9.84 Å². The van der Waals surface area contributed by atoms with Crippen molar-refractivity contribution in [3.8, 4) is 11.8 Å². The van der Waals surface area contributed by atoms with Gasteiger partial charge >= 0.3 is 0 Å². The van der Waals surface area contributed by atoms with Gasteiger partial charge in [0.2, 0.25) is 0 Å². The van der Waals surface area contributed by atoms with E-state index in [1.807, 2.05) is 32.2 Å². The number of aryl methyl sites for hydroxylation is 1. The molecule has 1 aliphatic rings. The smallest absolute Gasteiger partial charge is 0.253 e. The van der Waals surface area contributed by atoms with Gasteiger partial charge < -0.3 is 14.7 Å². The van der Waals surface area contributed by atoms with Crippen molar-refractivity contribution in [1.29, 1.82) is 0 Å². The van der Waals surface area contributed by atoms with Crippen LogP contribution in [0.2, 0.25) is 0 Å². The van der Waals surface area contributed by atoms with Crippen LogP contribution in [0.15, 0.2) is 18.2 Å². The Labute approximate surface area is 125 Å². The highest BCUT2D eigenvalue weighted by atomic mass is 16.5. The lowest BCUT2D eigenvalue weighted by Gasteiger charge is -2.23. The normalized spacial score (nSPS) is 17.2. The molecule has 21 heavy (non-hydrogen) atoms. The number of rotatable bonds is 3. The maximum atomic E-state index is 12.5. The zero-order valence-electron chi connectivity index (χ0n) is 12.6. The van der Waals surface area contributed by atoms with Crippen LogP contribution >= 0.6 is 0 Å². The van der Waals surface area contributed by atoms with E-state index in [2.05, 4.69) is 11.8 Å². The Morgan fingerprint density at radius 1 is 1.48 bits per heavy atom. The summed E-state index contributed by atoms with van der Waals surface area (Å²) in [6.07, 6.45) is 1.33. The van der Waals surface area contributed by atoms with Crippen LogP contribution in [-0.2, 0) is 4.74 Å². The minimum Gasteiger partial charge on any atom is -0.395 e. The molecule has 1 heterocycles. The summed E-state index contributed by atoms with van der Waals surface area (Å²) in [6, 6.07) is 5.79. The maximum Gasteiger partial charge on any atom is 0.253 e. The number of hydrogen-bond donors (Lipinski definition) is 1. The topological polar surface area (TPSA) is 49.8 Å². The molecule has 4 nitrogen and oxygen atoms in total. The zero-order chi connectivity index (χ0) is 15.2. The molecule has 1 saturated heterocycles. The molecule has 4 heteroatoms. The van der Waals surface area contributed by atoms with E-state index in [1.165, 1.54) is 0 Å². The van der Waals surface area contributed by atoms with Gasteiger partial charge in [0.1, 0.15) is 0 Å². The largest absolute Gasteiger partial charge is 0.395 e. The minimum absolute atomic E-state index is 0.000548. The van der Waals surface area contributed by atoms with E-state index >= 15 is 0 Å². The monoisotopic (exact) mass is 287 g/mol.